The Bertz CT molecular complexity index is 817. The highest BCUT2D eigenvalue weighted by Gasteiger charge is 2.34. The van der Waals surface area contributed by atoms with Gasteiger partial charge in [-0.15, -0.1) is 0 Å². The van der Waals surface area contributed by atoms with Crippen LogP contribution in [0.5, 0.6) is 17.2 Å². The maximum absolute atomic E-state index is 12.5. The Hall–Kier alpha value is -1.91. The largest absolute Gasteiger partial charge is 0.495 e. The Morgan fingerprint density at radius 3 is 2.25 bits per heavy atom. The number of carbonyl (C=O) groups excluding carboxylic acids is 1. The van der Waals surface area contributed by atoms with Crippen LogP contribution in [0, 0.1) is 0 Å². The minimum atomic E-state index is -0.169. The van der Waals surface area contributed by atoms with Crippen LogP contribution in [-0.4, -0.2) is 27.1 Å². The predicted octanol–water partition coefficient (Wildman–Crippen LogP) is 4.74. The van der Waals surface area contributed by atoms with Crippen molar-refractivity contribution < 1.29 is 19.0 Å². The molecule has 4 nitrogen and oxygen atoms in total. The number of ketones is 1. The van der Waals surface area contributed by atoms with Crippen molar-refractivity contribution in [1.82, 2.24) is 0 Å². The summed E-state index contributed by atoms with van der Waals surface area (Å²) in [6.07, 6.45) is 0.333. The zero-order valence-corrected chi connectivity index (χ0v) is 15.0. The zero-order chi connectivity index (χ0) is 17.4. The van der Waals surface area contributed by atoms with E-state index in [1.54, 1.807) is 26.4 Å². The van der Waals surface area contributed by atoms with Crippen LogP contribution < -0.4 is 14.2 Å². The van der Waals surface area contributed by atoms with Crippen molar-refractivity contribution in [3.63, 3.8) is 0 Å². The maximum atomic E-state index is 12.5. The van der Waals surface area contributed by atoms with Crippen LogP contribution in [-0.2, 0) is 0 Å². The molecule has 0 spiro atoms. The normalized spacial score (nSPS) is 16.0. The van der Waals surface area contributed by atoms with Gasteiger partial charge in [-0.2, -0.15) is 0 Å². The lowest BCUT2D eigenvalue weighted by molar-refractivity contribution is 0.0991. The molecule has 0 amide bonds. The molecule has 0 N–H and O–H groups in total. The van der Waals surface area contributed by atoms with E-state index in [1.165, 1.54) is 7.11 Å². The molecule has 0 saturated carbocycles. The third-order valence-corrected chi connectivity index (χ3v) is 5.07. The van der Waals surface area contributed by atoms with Crippen LogP contribution in [0.25, 0.3) is 0 Å². The number of ether oxygens (including phenoxy) is 3. The minimum Gasteiger partial charge on any atom is -0.495 e. The number of rotatable bonds is 4. The molecule has 2 aromatic rings. The number of carbonyl (C=O) groups is 1. The summed E-state index contributed by atoms with van der Waals surface area (Å²) in [6.45, 7) is 0. The highest BCUT2D eigenvalue weighted by molar-refractivity contribution is 6.43. The third kappa shape index (κ3) is 2.60. The fourth-order valence-electron chi connectivity index (χ4n) is 3.14. The van der Waals surface area contributed by atoms with Crippen LogP contribution in [0.2, 0.25) is 10.0 Å². The number of halogens is 2. The molecule has 0 saturated heterocycles. The molecule has 0 heterocycles. The van der Waals surface area contributed by atoms with Gasteiger partial charge >= 0.3 is 0 Å². The van der Waals surface area contributed by atoms with E-state index in [1.807, 2.05) is 12.1 Å². The molecule has 0 aliphatic heterocycles. The van der Waals surface area contributed by atoms with Crippen LogP contribution in [0.4, 0.5) is 0 Å². The number of Topliss-reactive ketones (excluding diaryl/α,β-unsaturated/α-hetero) is 1. The summed E-state index contributed by atoms with van der Waals surface area (Å²) < 4.78 is 16.1. The Labute approximate surface area is 150 Å². The average molecular weight is 367 g/mol. The van der Waals surface area contributed by atoms with E-state index in [9.17, 15) is 4.79 Å². The molecule has 0 radical (unpaired) electrons. The van der Waals surface area contributed by atoms with Gasteiger partial charge in [0.05, 0.1) is 26.4 Å². The van der Waals surface area contributed by atoms with E-state index >= 15 is 0 Å². The molecule has 3 rings (SSSR count). The molecule has 1 aliphatic carbocycles. The smallest absolute Gasteiger partial charge is 0.164 e. The van der Waals surface area contributed by atoms with Gasteiger partial charge < -0.3 is 14.2 Å². The lowest BCUT2D eigenvalue weighted by Crippen LogP contribution is -2.02. The topological polar surface area (TPSA) is 44.8 Å². The highest BCUT2D eigenvalue weighted by Crippen LogP contribution is 2.48. The van der Waals surface area contributed by atoms with Crippen molar-refractivity contribution in [2.75, 3.05) is 21.3 Å². The van der Waals surface area contributed by atoms with Gasteiger partial charge in [-0.3, -0.25) is 4.79 Å². The second kappa shape index (κ2) is 6.54. The first-order valence-corrected chi connectivity index (χ1v) is 8.08. The molecule has 0 fully saturated rings. The number of fused-ring (bicyclic) bond motifs is 1. The molecule has 1 atom stereocenters. The Morgan fingerprint density at radius 1 is 0.958 bits per heavy atom. The molecular formula is C18H16Cl2O4. The van der Waals surface area contributed by atoms with Gasteiger partial charge in [-0.1, -0.05) is 29.3 Å². The Morgan fingerprint density at radius 2 is 1.62 bits per heavy atom. The Kier molecular flexibility index (Phi) is 4.61. The average Bonchev–Trinajstić information content (AvgIpc) is 2.91. The van der Waals surface area contributed by atoms with E-state index in [4.69, 9.17) is 37.4 Å². The van der Waals surface area contributed by atoms with E-state index < -0.39 is 0 Å². The third-order valence-electron chi connectivity index (χ3n) is 4.28. The fourth-order valence-corrected chi connectivity index (χ4v) is 3.53. The quantitative estimate of drug-likeness (QED) is 0.783. The van der Waals surface area contributed by atoms with E-state index in [2.05, 4.69) is 0 Å². The standard InChI is InChI=1S/C18H16Cl2O4/c1-22-15-7-11-10(6-14(21)12(11)8-16(15)23-2)9-4-5-13(19)17(20)18(9)24-3/h4-5,7-8,10H,6H2,1-3H3. The lowest BCUT2D eigenvalue weighted by Gasteiger charge is -2.18. The molecule has 0 aromatic heterocycles. The second-order valence-electron chi connectivity index (χ2n) is 5.46. The molecular weight excluding hydrogens is 351 g/mol. The van der Waals surface area contributed by atoms with Gasteiger partial charge in [0.1, 0.15) is 10.8 Å². The summed E-state index contributed by atoms with van der Waals surface area (Å²) in [6, 6.07) is 7.12. The van der Waals surface area contributed by atoms with E-state index in [0.717, 1.165) is 11.1 Å². The number of benzene rings is 2. The van der Waals surface area contributed by atoms with Crippen molar-refractivity contribution in [1.29, 1.82) is 0 Å². The van der Waals surface area contributed by atoms with E-state index in [-0.39, 0.29) is 11.7 Å². The molecule has 126 valence electrons. The highest BCUT2D eigenvalue weighted by atomic mass is 35.5. The van der Waals surface area contributed by atoms with E-state index in [0.29, 0.717) is 39.3 Å². The summed E-state index contributed by atoms with van der Waals surface area (Å²) in [5, 5.41) is 0.757. The summed E-state index contributed by atoms with van der Waals surface area (Å²) in [5.74, 6) is 1.48. The molecule has 0 bridgehead atoms. The minimum absolute atomic E-state index is 0.0454. The predicted molar refractivity (Wildman–Crippen MR) is 93.4 cm³/mol. The Balaban J connectivity index is 2.18. The van der Waals surface area contributed by atoms with Gasteiger partial charge in [-0.25, -0.2) is 0 Å². The first kappa shape index (κ1) is 16.9. The van der Waals surface area contributed by atoms with Crippen LogP contribution >= 0.6 is 23.2 Å². The van der Waals surface area contributed by atoms with Gasteiger partial charge in [0.2, 0.25) is 0 Å². The summed E-state index contributed by atoms with van der Waals surface area (Å²) in [4.78, 5) is 12.5. The van der Waals surface area contributed by atoms with Gasteiger partial charge in [0.15, 0.2) is 17.3 Å². The monoisotopic (exact) mass is 366 g/mol. The number of hydrogen-bond acceptors (Lipinski definition) is 4. The van der Waals surface area contributed by atoms with Crippen molar-refractivity contribution in [2.24, 2.45) is 0 Å². The van der Waals surface area contributed by atoms with Gasteiger partial charge in [0.25, 0.3) is 0 Å². The van der Waals surface area contributed by atoms with Crippen molar-refractivity contribution in [2.45, 2.75) is 12.3 Å². The van der Waals surface area contributed by atoms with Crippen molar-refractivity contribution in [3.05, 3.63) is 51.0 Å². The number of hydrogen-bond donors (Lipinski definition) is 0. The second-order valence-corrected chi connectivity index (χ2v) is 6.24. The molecule has 24 heavy (non-hydrogen) atoms. The molecule has 1 aliphatic rings. The summed E-state index contributed by atoms with van der Waals surface area (Å²) in [7, 11) is 4.65. The summed E-state index contributed by atoms with van der Waals surface area (Å²) >= 11 is 12.3. The lowest BCUT2D eigenvalue weighted by atomic mass is 9.92. The number of methoxy groups -OCH3 is 3. The fraction of sp³-hybridized carbons (Fsp3) is 0.278. The maximum Gasteiger partial charge on any atom is 0.164 e. The van der Waals surface area contributed by atoms with Crippen molar-refractivity contribution >= 4 is 29.0 Å². The van der Waals surface area contributed by atoms with Crippen LogP contribution in [0.15, 0.2) is 24.3 Å². The van der Waals surface area contributed by atoms with Gasteiger partial charge in [0, 0.05) is 23.5 Å². The SMILES string of the molecule is COc1cc2c(cc1OC)C(c1ccc(Cl)c(Cl)c1OC)CC2=O. The zero-order valence-electron chi connectivity index (χ0n) is 13.5. The molecule has 1 unspecified atom stereocenters. The van der Waals surface area contributed by atoms with Crippen LogP contribution in [0.1, 0.15) is 33.8 Å². The first-order valence-electron chi connectivity index (χ1n) is 7.32. The van der Waals surface area contributed by atoms with Gasteiger partial charge in [-0.05, 0) is 23.8 Å². The van der Waals surface area contributed by atoms with Crippen LogP contribution in [0.3, 0.4) is 0 Å². The molecule has 2 aromatic carbocycles. The summed E-state index contributed by atoms with van der Waals surface area (Å²) in [5.41, 5.74) is 2.33. The molecule has 6 heteroatoms. The van der Waals surface area contributed by atoms with Crippen molar-refractivity contribution in [3.8, 4) is 17.2 Å². The first-order chi connectivity index (χ1) is 11.5.